The lowest BCUT2D eigenvalue weighted by molar-refractivity contribution is -0.295. The van der Waals surface area contributed by atoms with Gasteiger partial charge in [-0.3, -0.25) is 4.79 Å². The molecular weight excluding hydrogens is 203 g/mol. The molecule has 0 aromatic carbocycles. The van der Waals surface area contributed by atoms with E-state index in [2.05, 4.69) is 12.6 Å². The Labute approximate surface area is 70.3 Å². The van der Waals surface area contributed by atoms with Crippen LogP contribution in [0, 0.1) is 5.92 Å². The van der Waals surface area contributed by atoms with Crippen molar-refractivity contribution >= 4 is 17.7 Å². The number of alkyl halides is 5. The molecule has 0 radical (unpaired) electrons. The Morgan fingerprint density at radius 2 is 1.58 bits per heavy atom. The Balaban J connectivity index is 4.73. The summed E-state index contributed by atoms with van der Waals surface area (Å²) >= 11 is 2.90. The van der Waals surface area contributed by atoms with E-state index in [0.29, 0.717) is 6.92 Å². The van der Waals surface area contributed by atoms with E-state index in [9.17, 15) is 26.7 Å². The van der Waals surface area contributed by atoms with Gasteiger partial charge in [0.25, 0.3) is 0 Å². The van der Waals surface area contributed by atoms with E-state index in [1.54, 1.807) is 0 Å². The number of carbonyl (C=O) groups excluding carboxylic acids is 1. The van der Waals surface area contributed by atoms with Gasteiger partial charge in [-0.25, -0.2) is 0 Å². The number of hydrogen-bond acceptors (Lipinski definition) is 1. The highest BCUT2D eigenvalue weighted by Gasteiger charge is 2.62. The van der Waals surface area contributed by atoms with Gasteiger partial charge in [0.2, 0.25) is 0 Å². The van der Waals surface area contributed by atoms with Crippen LogP contribution in [0.1, 0.15) is 6.92 Å². The summed E-state index contributed by atoms with van der Waals surface area (Å²) in [5.74, 6) is -7.47. The summed E-state index contributed by atoms with van der Waals surface area (Å²) in [5.41, 5.74) is 0. The van der Waals surface area contributed by atoms with Crippen LogP contribution in [-0.2, 0) is 4.79 Å². The van der Waals surface area contributed by atoms with Gasteiger partial charge in [0.1, 0.15) is 0 Å². The fourth-order valence-electron chi connectivity index (χ4n) is 0.401. The van der Waals surface area contributed by atoms with Crippen LogP contribution in [0.2, 0.25) is 0 Å². The summed E-state index contributed by atoms with van der Waals surface area (Å²) in [4.78, 5) is 10.1. The quantitative estimate of drug-likeness (QED) is 0.544. The lowest BCUT2D eigenvalue weighted by atomic mass is 10.1. The fourth-order valence-corrected chi connectivity index (χ4v) is 0.563. The molecule has 0 heterocycles. The zero-order chi connectivity index (χ0) is 10.2. The minimum absolute atomic E-state index is 0.475. The molecule has 0 aliphatic carbocycles. The first-order valence-corrected chi connectivity index (χ1v) is 3.22. The van der Waals surface area contributed by atoms with Crippen molar-refractivity contribution in [1.82, 2.24) is 0 Å². The maximum Gasteiger partial charge on any atom is 0.454 e. The first-order valence-electron chi connectivity index (χ1n) is 2.78. The van der Waals surface area contributed by atoms with Gasteiger partial charge in [0.05, 0.1) is 5.92 Å². The maximum absolute atomic E-state index is 12.2. The zero-order valence-corrected chi connectivity index (χ0v) is 6.72. The number of thiol groups is 1. The summed E-state index contributed by atoms with van der Waals surface area (Å²) in [7, 11) is 0. The van der Waals surface area contributed by atoms with Crippen molar-refractivity contribution in [2.45, 2.75) is 19.0 Å². The van der Waals surface area contributed by atoms with Gasteiger partial charge < -0.3 is 0 Å². The summed E-state index contributed by atoms with van der Waals surface area (Å²) in [6.45, 7) is 0.475. The highest BCUT2D eigenvalue weighted by molar-refractivity contribution is 7.96. The SMILES string of the molecule is CC(C(=O)S)C(F)(F)C(F)(F)F. The Bertz CT molecular complexity index is 187. The molecule has 0 N–H and O–H groups in total. The third kappa shape index (κ3) is 2.09. The van der Waals surface area contributed by atoms with E-state index < -0.39 is 23.1 Å². The van der Waals surface area contributed by atoms with Crippen molar-refractivity contribution in [3.8, 4) is 0 Å². The molecule has 0 aliphatic heterocycles. The third-order valence-corrected chi connectivity index (χ3v) is 1.68. The second-order valence-corrected chi connectivity index (χ2v) is 2.62. The van der Waals surface area contributed by atoms with Crippen LogP contribution in [0.15, 0.2) is 0 Å². The first-order chi connectivity index (χ1) is 5.10. The van der Waals surface area contributed by atoms with E-state index in [1.165, 1.54) is 0 Å². The van der Waals surface area contributed by atoms with Crippen molar-refractivity contribution in [2.75, 3.05) is 0 Å². The van der Waals surface area contributed by atoms with E-state index >= 15 is 0 Å². The zero-order valence-electron chi connectivity index (χ0n) is 5.82. The standard InChI is InChI=1S/C5H5F5OS/c1-2(3(11)12)4(6,7)5(8,9)10/h2H,1H3,(H,11,12). The Morgan fingerprint density at radius 3 is 1.67 bits per heavy atom. The predicted molar refractivity (Wildman–Crippen MR) is 34.2 cm³/mol. The molecule has 0 spiro atoms. The molecule has 0 rings (SSSR count). The molecule has 1 atom stereocenters. The lowest BCUT2D eigenvalue weighted by Gasteiger charge is -2.23. The van der Waals surface area contributed by atoms with Gasteiger partial charge in [-0.2, -0.15) is 22.0 Å². The Morgan fingerprint density at radius 1 is 1.25 bits per heavy atom. The minimum Gasteiger partial charge on any atom is -0.287 e. The molecule has 0 saturated heterocycles. The van der Waals surface area contributed by atoms with Crippen LogP contribution >= 0.6 is 12.6 Å². The average molecular weight is 208 g/mol. The van der Waals surface area contributed by atoms with Crippen LogP contribution in [-0.4, -0.2) is 17.2 Å². The van der Waals surface area contributed by atoms with E-state index in [1.807, 2.05) is 0 Å². The van der Waals surface area contributed by atoms with Crippen LogP contribution in [0.5, 0.6) is 0 Å². The van der Waals surface area contributed by atoms with Gasteiger partial charge in [0.15, 0.2) is 5.12 Å². The van der Waals surface area contributed by atoms with Gasteiger partial charge in [-0.15, -0.1) is 12.6 Å². The van der Waals surface area contributed by atoms with E-state index in [0.717, 1.165) is 0 Å². The molecule has 0 aromatic rings. The molecule has 0 fully saturated rings. The molecule has 0 aromatic heterocycles. The summed E-state index contributed by atoms with van der Waals surface area (Å²) < 4.78 is 58.9. The highest BCUT2D eigenvalue weighted by Crippen LogP contribution is 2.41. The van der Waals surface area contributed by atoms with Gasteiger partial charge in [-0.1, -0.05) is 0 Å². The summed E-state index contributed by atoms with van der Waals surface area (Å²) in [5, 5.41) is -1.49. The predicted octanol–water partition coefficient (Wildman–Crippen LogP) is 2.28. The van der Waals surface area contributed by atoms with Crippen LogP contribution in [0.25, 0.3) is 0 Å². The Kier molecular flexibility index (Phi) is 3.11. The lowest BCUT2D eigenvalue weighted by Crippen LogP contribution is -2.44. The van der Waals surface area contributed by atoms with Crippen molar-refractivity contribution in [3.05, 3.63) is 0 Å². The Hall–Kier alpha value is -0.330. The molecule has 1 unspecified atom stereocenters. The molecule has 0 aliphatic rings. The van der Waals surface area contributed by atoms with Crippen LogP contribution in [0.4, 0.5) is 22.0 Å². The number of hydrogen-bond donors (Lipinski definition) is 1. The second-order valence-electron chi connectivity index (χ2n) is 2.18. The molecule has 7 heteroatoms. The number of carbonyl (C=O) groups is 1. The summed E-state index contributed by atoms with van der Waals surface area (Å²) in [6.07, 6.45) is -5.70. The number of rotatable bonds is 2. The molecule has 0 saturated carbocycles. The molecule has 0 amide bonds. The minimum atomic E-state index is -5.70. The first kappa shape index (κ1) is 11.7. The van der Waals surface area contributed by atoms with Gasteiger partial charge >= 0.3 is 12.1 Å². The monoisotopic (exact) mass is 208 g/mol. The molecule has 0 bridgehead atoms. The number of halogens is 5. The van der Waals surface area contributed by atoms with E-state index in [-0.39, 0.29) is 0 Å². The van der Waals surface area contributed by atoms with Crippen molar-refractivity contribution in [1.29, 1.82) is 0 Å². The van der Waals surface area contributed by atoms with Crippen molar-refractivity contribution in [3.63, 3.8) is 0 Å². The van der Waals surface area contributed by atoms with E-state index in [4.69, 9.17) is 0 Å². The summed E-state index contributed by atoms with van der Waals surface area (Å²) in [6, 6.07) is 0. The van der Waals surface area contributed by atoms with Crippen molar-refractivity contribution < 1.29 is 26.7 Å². The smallest absolute Gasteiger partial charge is 0.287 e. The van der Waals surface area contributed by atoms with Crippen molar-refractivity contribution in [2.24, 2.45) is 5.92 Å². The molecule has 1 nitrogen and oxygen atoms in total. The third-order valence-electron chi connectivity index (χ3n) is 1.29. The molecular formula is C5H5F5OS. The molecule has 72 valence electrons. The van der Waals surface area contributed by atoms with Crippen LogP contribution < -0.4 is 0 Å². The second kappa shape index (κ2) is 3.20. The van der Waals surface area contributed by atoms with Gasteiger partial charge in [0, 0.05) is 0 Å². The normalized spacial score (nSPS) is 15.9. The maximum atomic E-state index is 12.2. The largest absolute Gasteiger partial charge is 0.454 e. The topological polar surface area (TPSA) is 17.1 Å². The average Bonchev–Trinajstić information content (AvgIpc) is 1.83. The molecule has 12 heavy (non-hydrogen) atoms. The highest BCUT2D eigenvalue weighted by atomic mass is 32.1. The fraction of sp³-hybridized carbons (Fsp3) is 0.800. The van der Waals surface area contributed by atoms with Crippen LogP contribution in [0.3, 0.4) is 0 Å². The van der Waals surface area contributed by atoms with Gasteiger partial charge in [-0.05, 0) is 6.92 Å².